The SMILES string of the molecule is Cc1ccc(/C=N\n2c(COc3ccc(C)cc3C)n[nH]c2=S)c(C)c1. The molecule has 6 heteroatoms. The summed E-state index contributed by atoms with van der Waals surface area (Å²) in [4.78, 5) is 0. The maximum atomic E-state index is 5.90. The Morgan fingerprint density at radius 1 is 1.08 bits per heavy atom. The Labute approximate surface area is 158 Å². The molecule has 0 amide bonds. The highest BCUT2D eigenvalue weighted by atomic mass is 32.1. The highest BCUT2D eigenvalue weighted by molar-refractivity contribution is 7.71. The molecule has 0 radical (unpaired) electrons. The minimum Gasteiger partial charge on any atom is -0.485 e. The number of H-pyrrole nitrogens is 1. The van der Waals surface area contributed by atoms with Crippen molar-refractivity contribution in [1.29, 1.82) is 0 Å². The maximum Gasteiger partial charge on any atom is 0.216 e. The fourth-order valence-corrected chi connectivity index (χ4v) is 2.93. The number of aromatic nitrogens is 3. The van der Waals surface area contributed by atoms with E-state index in [9.17, 15) is 0 Å². The predicted octanol–water partition coefficient (Wildman–Crippen LogP) is 4.64. The molecular formula is C20H22N4OS. The van der Waals surface area contributed by atoms with Crippen LogP contribution in [-0.2, 0) is 6.61 Å². The van der Waals surface area contributed by atoms with E-state index in [0.29, 0.717) is 10.6 Å². The van der Waals surface area contributed by atoms with Gasteiger partial charge in [-0.2, -0.15) is 14.9 Å². The molecule has 0 atom stereocenters. The lowest BCUT2D eigenvalue weighted by molar-refractivity contribution is 0.288. The highest BCUT2D eigenvalue weighted by Crippen LogP contribution is 2.19. The number of ether oxygens (including phenoxy) is 1. The molecule has 0 aliphatic rings. The van der Waals surface area contributed by atoms with Gasteiger partial charge in [0.05, 0.1) is 6.21 Å². The summed E-state index contributed by atoms with van der Waals surface area (Å²) in [6.45, 7) is 8.50. The topological polar surface area (TPSA) is 55.2 Å². The van der Waals surface area contributed by atoms with Gasteiger partial charge in [-0.15, -0.1) is 0 Å². The number of hydrogen-bond acceptors (Lipinski definition) is 4. The van der Waals surface area contributed by atoms with Crippen LogP contribution >= 0.6 is 12.2 Å². The molecule has 134 valence electrons. The first kappa shape index (κ1) is 18.1. The molecule has 1 aromatic heterocycles. The average Bonchev–Trinajstić information content (AvgIpc) is 2.93. The van der Waals surface area contributed by atoms with E-state index >= 15 is 0 Å². The monoisotopic (exact) mass is 366 g/mol. The van der Waals surface area contributed by atoms with Crippen LogP contribution in [0.5, 0.6) is 5.75 Å². The van der Waals surface area contributed by atoms with Gasteiger partial charge in [-0.1, -0.05) is 41.5 Å². The molecule has 0 saturated carbocycles. The minimum absolute atomic E-state index is 0.279. The quantitative estimate of drug-likeness (QED) is 0.529. The second-order valence-corrected chi connectivity index (χ2v) is 6.81. The first-order valence-electron chi connectivity index (χ1n) is 8.42. The lowest BCUT2D eigenvalue weighted by Crippen LogP contribution is -2.05. The summed E-state index contributed by atoms with van der Waals surface area (Å²) in [6, 6.07) is 12.3. The van der Waals surface area contributed by atoms with Crippen LogP contribution in [0.1, 0.15) is 33.6 Å². The normalized spacial score (nSPS) is 11.2. The molecule has 26 heavy (non-hydrogen) atoms. The van der Waals surface area contributed by atoms with Gasteiger partial charge in [0.1, 0.15) is 12.4 Å². The predicted molar refractivity (Wildman–Crippen MR) is 107 cm³/mol. The molecule has 2 aromatic carbocycles. The van der Waals surface area contributed by atoms with Crippen molar-refractivity contribution in [2.75, 3.05) is 0 Å². The van der Waals surface area contributed by atoms with Gasteiger partial charge in [-0.3, -0.25) is 0 Å². The fourth-order valence-electron chi connectivity index (χ4n) is 2.73. The average molecular weight is 366 g/mol. The van der Waals surface area contributed by atoms with Gasteiger partial charge in [0, 0.05) is 0 Å². The minimum atomic E-state index is 0.279. The maximum absolute atomic E-state index is 5.90. The molecule has 5 nitrogen and oxygen atoms in total. The van der Waals surface area contributed by atoms with Crippen LogP contribution in [0.15, 0.2) is 41.5 Å². The van der Waals surface area contributed by atoms with E-state index in [4.69, 9.17) is 17.0 Å². The van der Waals surface area contributed by atoms with Crippen LogP contribution in [0.2, 0.25) is 0 Å². The molecule has 0 spiro atoms. The molecule has 3 aromatic rings. The largest absolute Gasteiger partial charge is 0.485 e. The second kappa shape index (κ2) is 7.66. The van der Waals surface area contributed by atoms with Crippen molar-refractivity contribution in [3.8, 4) is 5.75 Å². The smallest absolute Gasteiger partial charge is 0.216 e. The van der Waals surface area contributed by atoms with Crippen LogP contribution in [-0.4, -0.2) is 21.1 Å². The van der Waals surface area contributed by atoms with Crippen molar-refractivity contribution in [3.05, 3.63) is 74.8 Å². The molecule has 0 fully saturated rings. The summed E-state index contributed by atoms with van der Waals surface area (Å²) in [5.74, 6) is 1.45. The Hall–Kier alpha value is -2.73. The lowest BCUT2D eigenvalue weighted by Gasteiger charge is -2.09. The number of nitrogens with one attached hydrogen (secondary N) is 1. The third-order valence-electron chi connectivity index (χ3n) is 4.14. The Bertz CT molecular complexity index is 1020. The zero-order valence-corrected chi connectivity index (χ0v) is 16.2. The Kier molecular flexibility index (Phi) is 5.32. The van der Waals surface area contributed by atoms with Crippen LogP contribution in [0.3, 0.4) is 0 Å². The van der Waals surface area contributed by atoms with Crippen LogP contribution in [0.4, 0.5) is 0 Å². The Morgan fingerprint density at radius 3 is 2.46 bits per heavy atom. The van der Waals surface area contributed by atoms with E-state index < -0.39 is 0 Å². The van der Waals surface area contributed by atoms with Crippen molar-refractivity contribution in [3.63, 3.8) is 0 Å². The summed E-state index contributed by atoms with van der Waals surface area (Å²) in [6.07, 6.45) is 1.79. The summed E-state index contributed by atoms with van der Waals surface area (Å²) in [5, 5.41) is 11.5. The van der Waals surface area contributed by atoms with Gasteiger partial charge in [0.25, 0.3) is 0 Å². The van der Waals surface area contributed by atoms with Gasteiger partial charge in [-0.05, 0) is 62.7 Å². The third kappa shape index (κ3) is 4.08. The van der Waals surface area contributed by atoms with Gasteiger partial charge < -0.3 is 4.74 Å². The van der Waals surface area contributed by atoms with E-state index in [1.807, 2.05) is 25.1 Å². The second-order valence-electron chi connectivity index (χ2n) is 6.42. The molecule has 0 aliphatic carbocycles. The standard InChI is InChI=1S/C20H22N4OS/c1-13-5-7-17(15(3)9-13)11-21-24-19(22-23-20(24)26)12-25-18-8-6-14(2)10-16(18)4/h5-11H,12H2,1-4H3,(H,23,26)/b21-11-. The lowest BCUT2D eigenvalue weighted by atomic mass is 10.1. The molecule has 1 heterocycles. The molecule has 3 rings (SSSR count). The Balaban J connectivity index is 1.80. The number of rotatable bonds is 5. The zero-order valence-electron chi connectivity index (χ0n) is 15.4. The van der Waals surface area contributed by atoms with Crippen LogP contribution in [0.25, 0.3) is 0 Å². The fraction of sp³-hybridized carbons (Fsp3) is 0.250. The first-order chi connectivity index (χ1) is 12.4. The van der Waals surface area contributed by atoms with Crippen molar-refractivity contribution >= 4 is 18.4 Å². The van der Waals surface area contributed by atoms with Crippen LogP contribution in [0, 0.1) is 32.5 Å². The van der Waals surface area contributed by atoms with Crippen molar-refractivity contribution < 1.29 is 4.74 Å². The van der Waals surface area contributed by atoms with Gasteiger partial charge in [0.15, 0.2) is 5.82 Å². The summed E-state index contributed by atoms with van der Waals surface area (Å²) < 4.78 is 7.93. The van der Waals surface area contributed by atoms with E-state index in [1.165, 1.54) is 11.1 Å². The zero-order chi connectivity index (χ0) is 18.7. The number of nitrogens with zero attached hydrogens (tertiary/aromatic N) is 3. The van der Waals surface area contributed by atoms with E-state index in [0.717, 1.165) is 22.4 Å². The number of hydrogen-bond donors (Lipinski definition) is 1. The first-order valence-corrected chi connectivity index (χ1v) is 8.83. The van der Waals surface area contributed by atoms with Crippen molar-refractivity contribution in [1.82, 2.24) is 14.9 Å². The van der Waals surface area contributed by atoms with E-state index in [1.54, 1.807) is 10.9 Å². The van der Waals surface area contributed by atoms with Crippen LogP contribution < -0.4 is 4.74 Å². The number of aromatic amines is 1. The van der Waals surface area contributed by atoms with Gasteiger partial charge >= 0.3 is 0 Å². The number of aryl methyl sites for hydroxylation is 4. The third-order valence-corrected chi connectivity index (χ3v) is 4.41. The van der Waals surface area contributed by atoms with E-state index in [2.05, 4.69) is 54.3 Å². The van der Waals surface area contributed by atoms with Gasteiger partial charge in [-0.25, -0.2) is 5.10 Å². The molecular weight excluding hydrogens is 344 g/mol. The van der Waals surface area contributed by atoms with Crippen molar-refractivity contribution in [2.24, 2.45) is 5.10 Å². The van der Waals surface area contributed by atoms with E-state index in [-0.39, 0.29) is 6.61 Å². The molecule has 0 unspecified atom stereocenters. The molecule has 0 aliphatic heterocycles. The van der Waals surface area contributed by atoms with Crippen molar-refractivity contribution in [2.45, 2.75) is 34.3 Å². The summed E-state index contributed by atoms with van der Waals surface area (Å²) in [7, 11) is 0. The molecule has 0 saturated heterocycles. The summed E-state index contributed by atoms with van der Waals surface area (Å²) >= 11 is 5.29. The summed E-state index contributed by atoms with van der Waals surface area (Å²) in [5.41, 5.74) is 5.72. The Morgan fingerprint density at radius 2 is 1.77 bits per heavy atom. The van der Waals surface area contributed by atoms with Gasteiger partial charge in [0.2, 0.25) is 4.77 Å². The highest BCUT2D eigenvalue weighted by Gasteiger charge is 2.08. The molecule has 0 bridgehead atoms. The number of benzene rings is 2. The molecule has 1 N–H and O–H groups in total.